The van der Waals surface area contributed by atoms with Crippen molar-refractivity contribution in [1.29, 1.82) is 0 Å². The van der Waals surface area contributed by atoms with E-state index < -0.39 is 17.1 Å². The van der Waals surface area contributed by atoms with Gasteiger partial charge in [0.25, 0.3) is 5.56 Å². The van der Waals surface area contributed by atoms with Crippen LogP contribution in [0.5, 0.6) is 11.5 Å². The Balaban J connectivity index is 2.09. The molecule has 0 unspecified atom stereocenters. The third-order valence-corrected chi connectivity index (χ3v) is 4.89. The molecule has 2 heterocycles. The third-order valence-electron chi connectivity index (χ3n) is 4.89. The number of nitrogens with one attached hydrogen (secondary N) is 2. The smallest absolute Gasteiger partial charge is 0.329 e. The molecule has 4 aromatic rings. The van der Waals surface area contributed by atoms with Crippen molar-refractivity contribution < 1.29 is 13.9 Å². The van der Waals surface area contributed by atoms with Crippen molar-refractivity contribution in [3.8, 4) is 33.9 Å². The molecule has 0 saturated carbocycles. The van der Waals surface area contributed by atoms with E-state index in [1.165, 1.54) is 23.8 Å². The summed E-state index contributed by atoms with van der Waals surface area (Å²) in [6.07, 6.45) is 0. The molecule has 0 aliphatic heterocycles. The van der Waals surface area contributed by atoms with Crippen molar-refractivity contribution in [2.45, 2.75) is 0 Å². The Morgan fingerprint density at radius 3 is 2.24 bits per heavy atom. The topological polar surface area (TPSA) is 89.1 Å². The maximum Gasteiger partial charge on any atom is 0.329 e. The minimum atomic E-state index is -0.544. The van der Waals surface area contributed by atoms with Crippen molar-refractivity contribution >= 4 is 11.0 Å². The second kappa shape index (κ2) is 6.97. The zero-order chi connectivity index (χ0) is 20.7. The predicted molar refractivity (Wildman–Crippen MR) is 108 cm³/mol. The van der Waals surface area contributed by atoms with E-state index in [1.807, 2.05) is 0 Å². The van der Waals surface area contributed by atoms with E-state index in [9.17, 15) is 14.0 Å². The molecule has 7 nitrogen and oxygen atoms in total. The van der Waals surface area contributed by atoms with E-state index in [4.69, 9.17) is 9.47 Å². The Morgan fingerprint density at radius 1 is 0.931 bits per heavy atom. The summed E-state index contributed by atoms with van der Waals surface area (Å²) >= 11 is 0. The number of fused-ring (bicyclic) bond motifs is 1. The van der Waals surface area contributed by atoms with Crippen LogP contribution in [0.25, 0.3) is 33.4 Å². The number of benzene rings is 2. The van der Waals surface area contributed by atoms with Crippen molar-refractivity contribution in [1.82, 2.24) is 14.5 Å². The fraction of sp³-hybridized carbons (Fsp3) is 0.143. The molecule has 0 bridgehead atoms. The summed E-state index contributed by atoms with van der Waals surface area (Å²) < 4.78 is 25.9. The number of aromatic nitrogens is 3. The van der Waals surface area contributed by atoms with Gasteiger partial charge in [-0.2, -0.15) is 0 Å². The molecule has 0 radical (unpaired) electrons. The summed E-state index contributed by atoms with van der Waals surface area (Å²) in [5.41, 5.74) is 1.57. The quantitative estimate of drug-likeness (QED) is 0.556. The molecule has 0 aliphatic carbocycles. The molecular weight excluding hydrogens is 377 g/mol. The lowest BCUT2D eigenvalue weighted by Crippen LogP contribution is -2.28. The Labute approximate surface area is 164 Å². The van der Waals surface area contributed by atoms with Gasteiger partial charge in [0.2, 0.25) is 0 Å². The summed E-state index contributed by atoms with van der Waals surface area (Å²) in [5, 5.41) is 0.309. The Kier molecular flexibility index (Phi) is 4.46. The Hall–Kier alpha value is -3.81. The summed E-state index contributed by atoms with van der Waals surface area (Å²) in [6.45, 7) is 0. The molecule has 148 valence electrons. The zero-order valence-corrected chi connectivity index (χ0v) is 16.0. The highest BCUT2D eigenvalue weighted by Crippen LogP contribution is 2.38. The highest BCUT2D eigenvalue weighted by atomic mass is 19.1. The van der Waals surface area contributed by atoms with Crippen molar-refractivity contribution in [3.63, 3.8) is 0 Å². The van der Waals surface area contributed by atoms with E-state index in [0.29, 0.717) is 39.2 Å². The van der Waals surface area contributed by atoms with Crippen LogP contribution >= 0.6 is 0 Å². The second-order valence-electron chi connectivity index (χ2n) is 6.49. The van der Waals surface area contributed by atoms with Gasteiger partial charge in [0.05, 0.1) is 25.3 Å². The van der Waals surface area contributed by atoms with Gasteiger partial charge < -0.3 is 14.5 Å². The number of methoxy groups -OCH3 is 2. The van der Waals surface area contributed by atoms with Crippen LogP contribution in [0.3, 0.4) is 0 Å². The number of rotatable bonds is 4. The van der Waals surface area contributed by atoms with Crippen molar-refractivity contribution in [2.75, 3.05) is 14.2 Å². The number of hydrogen-bond donors (Lipinski definition) is 2. The van der Waals surface area contributed by atoms with E-state index in [2.05, 4.69) is 9.97 Å². The van der Waals surface area contributed by atoms with Crippen LogP contribution in [0.4, 0.5) is 4.39 Å². The number of H-pyrrole nitrogens is 2. The lowest BCUT2D eigenvalue weighted by atomic mass is 9.99. The van der Waals surface area contributed by atoms with E-state index >= 15 is 0 Å². The number of aryl methyl sites for hydroxylation is 1. The molecule has 29 heavy (non-hydrogen) atoms. The molecular formula is C21H18FN3O4. The first-order valence-electron chi connectivity index (χ1n) is 8.78. The molecule has 2 aromatic heterocycles. The normalized spacial score (nSPS) is 11.0. The highest BCUT2D eigenvalue weighted by molar-refractivity contribution is 6.02. The van der Waals surface area contributed by atoms with E-state index in [-0.39, 0.29) is 5.75 Å². The average Bonchev–Trinajstić information content (AvgIpc) is 3.13. The molecule has 2 N–H and O–H groups in total. The fourth-order valence-corrected chi connectivity index (χ4v) is 3.39. The zero-order valence-electron chi connectivity index (χ0n) is 16.0. The standard InChI is InChI=1S/C21H18FN3O4/c1-25-19-17(20(26)24-21(25)27)16(11-4-7-13(28-2)8-5-11)18(23-19)12-6-9-15(29-3)14(22)10-12/h4-10,23H,1-3H3,(H,24,26,27). The molecule has 0 saturated heterocycles. The number of nitrogens with zero attached hydrogens (tertiary/aromatic N) is 1. The van der Waals surface area contributed by atoms with Crippen LogP contribution in [0.1, 0.15) is 0 Å². The highest BCUT2D eigenvalue weighted by Gasteiger charge is 2.21. The summed E-state index contributed by atoms with van der Waals surface area (Å²) in [6, 6.07) is 11.7. The third kappa shape index (κ3) is 2.98. The first-order chi connectivity index (χ1) is 13.9. The number of ether oxygens (including phenoxy) is 2. The number of hydrogen-bond acceptors (Lipinski definition) is 4. The van der Waals surface area contributed by atoms with Crippen LogP contribution in [0, 0.1) is 5.82 Å². The SMILES string of the molecule is COc1ccc(-c2c(-c3ccc(OC)c(F)c3)[nH]c3c2c(=O)[nH]c(=O)n3C)cc1. The monoisotopic (exact) mass is 395 g/mol. The molecule has 0 fully saturated rings. The van der Waals surface area contributed by atoms with Crippen LogP contribution < -0.4 is 20.7 Å². The molecule has 4 rings (SSSR count). The van der Waals surface area contributed by atoms with Gasteiger partial charge in [0, 0.05) is 18.2 Å². The van der Waals surface area contributed by atoms with Gasteiger partial charge in [-0.15, -0.1) is 0 Å². The number of aromatic amines is 2. The van der Waals surface area contributed by atoms with Gasteiger partial charge in [-0.1, -0.05) is 12.1 Å². The van der Waals surface area contributed by atoms with Crippen LogP contribution in [-0.4, -0.2) is 28.8 Å². The summed E-state index contributed by atoms with van der Waals surface area (Å²) in [7, 11) is 4.50. The van der Waals surface area contributed by atoms with Crippen LogP contribution in [-0.2, 0) is 7.05 Å². The maximum absolute atomic E-state index is 14.4. The summed E-state index contributed by atoms with van der Waals surface area (Å²) in [5.74, 6) is 0.236. The van der Waals surface area contributed by atoms with Crippen molar-refractivity contribution in [3.05, 3.63) is 69.1 Å². The molecule has 0 spiro atoms. The van der Waals surface area contributed by atoms with Crippen molar-refractivity contribution in [2.24, 2.45) is 7.05 Å². The second-order valence-corrected chi connectivity index (χ2v) is 6.49. The van der Waals surface area contributed by atoms with E-state index in [1.54, 1.807) is 44.5 Å². The van der Waals surface area contributed by atoms with Crippen LogP contribution in [0.2, 0.25) is 0 Å². The Bertz CT molecular complexity index is 1330. The fourth-order valence-electron chi connectivity index (χ4n) is 3.39. The first-order valence-corrected chi connectivity index (χ1v) is 8.78. The first kappa shape index (κ1) is 18.5. The lowest BCUT2D eigenvalue weighted by Gasteiger charge is -2.08. The predicted octanol–water partition coefficient (Wildman–Crippen LogP) is 3.05. The molecule has 0 amide bonds. The molecule has 8 heteroatoms. The van der Waals surface area contributed by atoms with E-state index in [0.717, 1.165) is 0 Å². The maximum atomic E-state index is 14.4. The molecule has 0 aliphatic rings. The lowest BCUT2D eigenvalue weighted by molar-refractivity contribution is 0.386. The van der Waals surface area contributed by atoms with Gasteiger partial charge in [0.15, 0.2) is 11.6 Å². The largest absolute Gasteiger partial charge is 0.497 e. The molecule has 0 atom stereocenters. The van der Waals surface area contributed by atoms with Gasteiger partial charge in [-0.05, 0) is 35.9 Å². The Morgan fingerprint density at radius 2 is 1.62 bits per heavy atom. The molecule has 2 aromatic carbocycles. The average molecular weight is 395 g/mol. The number of halogens is 1. The summed E-state index contributed by atoms with van der Waals surface area (Å²) in [4.78, 5) is 30.2. The minimum Gasteiger partial charge on any atom is -0.497 e. The van der Waals surface area contributed by atoms with Gasteiger partial charge in [-0.25, -0.2) is 9.18 Å². The van der Waals surface area contributed by atoms with Gasteiger partial charge in [-0.3, -0.25) is 14.3 Å². The van der Waals surface area contributed by atoms with Gasteiger partial charge >= 0.3 is 5.69 Å². The van der Waals surface area contributed by atoms with Crippen LogP contribution in [0.15, 0.2) is 52.1 Å². The minimum absolute atomic E-state index is 0.112. The van der Waals surface area contributed by atoms with Gasteiger partial charge in [0.1, 0.15) is 11.4 Å².